The number of amides is 2. The normalized spacial score (nSPS) is 22.3. The lowest BCUT2D eigenvalue weighted by Crippen LogP contribution is -2.54. The highest BCUT2D eigenvalue weighted by molar-refractivity contribution is 5.88. The molecule has 0 spiro atoms. The molecule has 4 rings (SSSR count). The Balaban J connectivity index is 1.36. The summed E-state index contributed by atoms with van der Waals surface area (Å²) in [5, 5.41) is 11.7. The highest BCUT2D eigenvalue weighted by Gasteiger charge is 2.33. The van der Waals surface area contributed by atoms with Crippen LogP contribution < -0.4 is 4.74 Å². The van der Waals surface area contributed by atoms with E-state index >= 15 is 0 Å². The van der Waals surface area contributed by atoms with Gasteiger partial charge in [-0.3, -0.25) is 19.5 Å². The second kappa shape index (κ2) is 10.1. The fourth-order valence-electron chi connectivity index (χ4n) is 4.95. The third-order valence-corrected chi connectivity index (χ3v) is 6.90. The maximum absolute atomic E-state index is 13.0. The average Bonchev–Trinajstić information content (AvgIpc) is 2.99. The van der Waals surface area contributed by atoms with Crippen LogP contribution in [0.2, 0.25) is 0 Å². The Morgan fingerprint density at radius 3 is 2.52 bits per heavy atom. The summed E-state index contributed by atoms with van der Waals surface area (Å²) in [6, 6.07) is 7.83. The Bertz CT molecular complexity index is 1020. The first-order chi connectivity index (χ1) is 15.8. The Hall–Kier alpha value is -2.71. The van der Waals surface area contributed by atoms with Crippen LogP contribution >= 0.6 is 0 Å². The number of hydrogen-bond acceptors (Lipinski definition) is 6. The Kier molecular flexibility index (Phi) is 7.14. The van der Waals surface area contributed by atoms with E-state index in [1.165, 1.54) is 0 Å². The molecule has 2 amide bonds. The van der Waals surface area contributed by atoms with Crippen LogP contribution in [-0.2, 0) is 9.59 Å². The number of hydrogen-bond donors (Lipinski definition) is 1. The van der Waals surface area contributed by atoms with Gasteiger partial charge in [-0.25, -0.2) is 0 Å². The van der Waals surface area contributed by atoms with Crippen LogP contribution in [0.15, 0.2) is 24.3 Å². The fraction of sp³-hybridized carbons (Fsp3) is 0.560. The highest BCUT2D eigenvalue weighted by Crippen LogP contribution is 2.27. The minimum absolute atomic E-state index is 0.00703. The molecule has 2 aromatic rings. The number of ether oxygens (including phenoxy) is 1. The Labute approximate surface area is 195 Å². The summed E-state index contributed by atoms with van der Waals surface area (Å²) in [6.45, 7) is 9.49. The van der Waals surface area contributed by atoms with Gasteiger partial charge in [0.2, 0.25) is 5.91 Å². The molecule has 2 atom stereocenters. The van der Waals surface area contributed by atoms with E-state index in [0.717, 1.165) is 35.2 Å². The molecule has 1 N–H and O–H groups in total. The molecule has 33 heavy (non-hydrogen) atoms. The molecule has 1 aromatic heterocycles. The summed E-state index contributed by atoms with van der Waals surface area (Å²) < 4.78 is 5.97. The van der Waals surface area contributed by atoms with Gasteiger partial charge in [0.1, 0.15) is 5.75 Å². The number of aromatic nitrogens is 1. The zero-order valence-corrected chi connectivity index (χ0v) is 19.8. The van der Waals surface area contributed by atoms with Crippen molar-refractivity contribution in [2.75, 3.05) is 45.9 Å². The zero-order valence-electron chi connectivity index (χ0n) is 19.8. The number of aliphatic hydroxyl groups excluding tert-OH is 1. The summed E-state index contributed by atoms with van der Waals surface area (Å²) in [5.41, 5.74) is 2.82. The predicted molar refractivity (Wildman–Crippen MR) is 126 cm³/mol. The van der Waals surface area contributed by atoms with Crippen molar-refractivity contribution in [3.63, 3.8) is 0 Å². The number of aliphatic hydroxyl groups is 1. The molecule has 8 heteroatoms. The van der Waals surface area contributed by atoms with Crippen molar-refractivity contribution < 1.29 is 19.4 Å². The van der Waals surface area contributed by atoms with Crippen LogP contribution in [0.1, 0.15) is 31.0 Å². The first-order valence-electron chi connectivity index (χ1n) is 11.8. The largest absolute Gasteiger partial charge is 0.483 e. The zero-order chi connectivity index (χ0) is 23.5. The number of carbonyl (C=O) groups excluding carboxylic acids is 2. The van der Waals surface area contributed by atoms with E-state index in [1.807, 2.05) is 43.0 Å². The molecule has 2 aliphatic rings. The van der Waals surface area contributed by atoms with Crippen LogP contribution in [-0.4, -0.2) is 94.6 Å². The van der Waals surface area contributed by atoms with E-state index in [-0.39, 0.29) is 24.5 Å². The third-order valence-electron chi connectivity index (χ3n) is 6.90. The van der Waals surface area contributed by atoms with Crippen molar-refractivity contribution in [2.45, 2.75) is 45.8 Å². The molecule has 0 saturated carbocycles. The minimum Gasteiger partial charge on any atom is -0.483 e. The molecule has 1 aromatic carbocycles. The van der Waals surface area contributed by atoms with Crippen LogP contribution in [0.4, 0.5) is 0 Å². The standard InChI is InChI=1S/C25H34N4O4/c1-17-5-4-6-20-23(15-18(2)26-25(17)20)33-16-24(32)29-9-7-21(22(31)8-10-29)28-13-11-27(12-14-28)19(3)30/h4-6,15,21-22,31H,7-14,16H2,1-3H3/t21-,22-/m0/s1. The van der Waals surface area contributed by atoms with Gasteiger partial charge in [-0.1, -0.05) is 12.1 Å². The molecule has 2 aliphatic heterocycles. The summed E-state index contributed by atoms with van der Waals surface area (Å²) in [5.74, 6) is 0.699. The topological polar surface area (TPSA) is 86.2 Å². The van der Waals surface area contributed by atoms with Crippen LogP contribution in [0.25, 0.3) is 10.9 Å². The van der Waals surface area contributed by atoms with Gasteiger partial charge in [-0.15, -0.1) is 0 Å². The fourth-order valence-corrected chi connectivity index (χ4v) is 4.95. The van der Waals surface area contributed by atoms with Crippen molar-refractivity contribution in [1.29, 1.82) is 0 Å². The third kappa shape index (κ3) is 5.28. The van der Waals surface area contributed by atoms with Gasteiger partial charge in [0.15, 0.2) is 6.61 Å². The Morgan fingerprint density at radius 2 is 1.79 bits per heavy atom. The lowest BCUT2D eigenvalue weighted by Gasteiger charge is -2.40. The van der Waals surface area contributed by atoms with Gasteiger partial charge in [-0.05, 0) is 38.3 Å². The second-order valence-electron chi connectivity index (χ2n) is 9.16. The summed E-state index contributed by atoms with van der Waals surface area (Å²) in [7, 11) is 0. The summed E-state index contributed by atoms with van der Waals surface area (Å²) in [6.07, 6.45) is 0.769. The molecule has 0 bridgehead atoms. The van der Waals surface area contributed by atoms with Crippen molar-refractivity contribution in [3.8, 4) is 5.75 Å². The number of piperazine rings is 1. The highest BCUT2D eigenvalue weighted by atomic mass is 16.5. The SMILES string of the molecule is CC(=O)N1CCN([C@H]2CCN(C(=O)COc3cc(C)nc4c(C)cccc34)CC[C@@H]2O)CC1. The van der Waals surface area contributed by atoms with Crippen molar-refractivity contribution in [2.24, 2.45) is 0 Å². The van der Waals surface area contributed by atoms with Gasteiger partial charge < -0.3 is 19.6 Å². The number of aryl methyl sites for hydroxylation is 2. The smallest absolute Gasteiger partial charge is 0.260 e. The van der Waals surface area contributed by atoms with Crippen molar-refractivity contribution in [3.05, 3.63) is 35.5 Å². The van der Waals surface area contributed by atoms with Gasteiger partial charge in [0.25, 0.3) is 5.91 Å². The summed E-state index contributed by atoms with van der Waals surface area (Å²) in [4.78, 5) is 35.1. The predicted octanol–water partition coefficient (Wildman–Crippen LogP) is 1.75. The van der Waals surface area contributed by atoms with Gasteiger partial charge in [0, 0.05) is 69.4 Å². The molecule has 2 saturated heterocycles. The quantitative estimate of drug-likeness (QED) is 0.758. The number of pyridine rings is 1. The number of nitrogens with zero attached hydrogens (tertiary/aromatic N) is 4. The van der Waals surface area contributed by atoms with Crippen molar-refractivity contribution in [1.82, 2.24) is 19.7 Å². The van der Waals surface area contributed by atoms with Gasteiger partial charge in [0.05, 0.1) is 11.6 Å². The van der Waals surface area contributed by atoms with Gasteiger partial charge in [-0.2, -0.15) is 0 Å². The van der Waals surface area contributed by atoms with E-state index in [0.29, 0.717) is 44.8 Å². The Morgan fingerprint density at radius 1 is 1.06 bits per heavy atom. The molecular weight excluding hydrogens is 420 g/mol. The molecule has 3 heterocycles. The maximum atomic E-state index is 13.0. The monoisotopic (exact) mass is 454 g/mol. The van der Waals surface area contributed by atoms with E-state index in [2.05, 4.69) is 9.88 Å². The molecule has 2 fully saturated rings. The van der Waals surface area contributed by atoms with E-state index in [1.54, 1.807) is 11.8 Å². The first kappa shape index (κ1) is 23.4. The van der Waals surface area contributed by atoms with Crippen LogP contribution in [0.5, 0.6) is 5.75 Å². The minimum atomic E-state index is -0.484. The first-order valence-corrected chi connectivity index (χ1v) is 11.8. The maximum Gasteiger partial charge on any atom is 0.260 e. The van der Waals surface area contributed by atoms with Crippen molar-refractivity contribution >= 4 is 22.7 Å². The second-order valence-corrected chi connectivity index (χ2v) is 9.16. The molecule has 178 valence electrons. The number of carbonyl (C=O) groups is 2. The molecule has 0 aliphatic carbocycles. The number of fused-ring (bicyclic) bond motifs is 1. The van der Waals surface area contributed by atoms with E-state index in [9.17, 15) is 14.7 Å². The molecule has 0 radical (unpaired) electrons. The van der Waals surface area contributed by atoms with E-state index < -0.39 is 6.10 Å². The number of rotatable bonds is 4. The van der Waals surface area contributed by atoms with E-state index in [4.69, 9.17) is 4.74 Å². The number of para-hydroxylation sites is 1. The number of likely N-dealkylation sites (tertiary alicyclic amines) is 1. The van der Waals surface area contributed by atoms with Gasteiger partial charge >= 0.3 is 0 Å². The average molecular weight is 455 g/mol. The molecule has 0 unspecified atom stereocenters. The molecule has 8 nitrogen and oxygen atoms in total. The number of benzene rings is 1. The van der Waals surface area contributed by atoms with Crippen LogP contribution in [0.3, 0.4) is 0 Å². The lowest BCUT2D eigenvalue weighted by atomic mass is 10.0. The van der Waals surface area contributed by atoms with Crippen LogP contribution in [0, 0.1) is 13.8 Å². The lowest BCUT2D eigenvalue weighted by molar-refractivity contribution is -0.133. The molecular formula is C25H34N4O4. The summed E-state index contributed by atoms with van der Waals surface area (Å²) >= 11 is 0.